The molecule has 2 aromatic heterocycles. The lowest BCUT2D eigenvalue weighted by Crippen LogP contribution is -2.25. The first-order valence-electron chi connectivity index (χ1n) is 6.66. The van der Waals surface area contributed by atoms with E-state index < -0.39 is 5.63 Å². The Morgan fingerprint density at radius 2 is 2.05 bits per heavy atom. The number of benzene rings is 1. The third-order valence-electron chi connectivity index (χ3n) is 3.32. The van der Waals surface area contributed by atoms with Gasteiger partial charge < -0.3 is 14.7 Å². The molecule has 0 saturated carbocycles. The SMILES string of the molecule is O=C(NCCc1c[nH]c2ccccc12)c1ccc(=O)oc1. The molecular formula is C16H14N2O3. The monoisotopic (exact) mass is 282 g/mol. The summed E-state index contributed by atoms with van der Waals surface area (Å²) in [7, 11) is 0. The summed E-state index contributed by atoms with van der Waals surface area (Å²) in [6.45, 7) is 0.514. The quantitative estimate of drug-likeness (QED) is 0.769. The molecule has 0 atom stereocenters. The number of para-hydroxylation sites is 1. The van der Waals surface area contributed by atoms with Gasteiger partial charge in [-0.2, -0.15) is 0 Å². The Hall–Kier alpha value is -2.82. The number of amides is 1. The summed E-state index contributed by atoms with van der Waals surface area (Å²) < 4.78 is 4.67. The zero-order chi connectivity index (χ0) is 14.7. The molecule has 0 spiro atoms. The molecule has 5 heteroatoms. The van der Waals surface area contributed by atoms with Crippen LogP contribution in [-0.2, 0) is 6.42 Å². The molecule has 1 amide bonds. The van der Waals surface area contributed by atoms with Gasteiger partial charge in [-0.1, -0.05) is 18.2 Å². The van der Waals surface area contributed by atoms with Crippen molar-refractivity contribution >= 4 is 16.8 Å². The van der Waals surface area contributed by atoms with Crippen LogP contribution in [0.3, 0.4) is 0 Å². The van der Waals surface area contributed by atoms with Gasteiger partial charge in [-0.3, -0.25) is 4.79 Å². The summed E-state index contributed by atoms with van der Waals surface area (Å²) in [4.78, 5) is 25.9. The molecule has 0 saturated heterocycles. The van der Waals surface area contributed by atoms with Crippen molar-refractivity contribution in [1.82, 2.24) is 10.3 Å². The molecule has 0 aliphatic heterocycles. The number of nitrogens with one attached hydrogen (secondary N) is 2. The highest BCUT2D eigenvalue weighted by Crippen LogP contribution is 2.17. The van der Waals surface area contributed by atoms with Crippen molar-refractivity contribution in [2.45, 2.75) is 6.42 Å². The van der Waals surface area contributed by atoms with E-state index in [0.717, 1.165) is 22.9 Å². The van der Waals surface area contributed by atoms with Gasteiger partial charge in [0.05, 0.1) is 5.56 Å². The summed E-state index contributed by atoms with van der Waals surface area (Å²) in [5.41, 5.74) is 2.12. The molecule has 0 aliphatic rings. The van der Waals surface area contributed by atoms with Crippen molar-refractivity contribution in [3.63, 3.8) is 0 Å². The minimum absolute atomic E-state index is 0.251. The second kappa shape index (κ2) is 5.66. The lowest BCUT2D eigenvalue weighted by Gasteiger charge is -2.04. The minimum atomic E-state index is -0.467. The number of carbonyl (C=O) groups is 1. The Kier molecular flexibility index (Phi) is 3.55. The number of H-pyrrole nitrogens is 1. The van der Waals surface area contributed by atoms with Gasteiger partial charge in [-0.05, 0) is 24.1 Å². The average molecular weight is 282 g/mol. The van der Waals surface area contributed by atoms with Crippen LogP contribution in [0.1, 0.15) is 15.9 Å². The lowest BCUT2D eigenvalue weighted by atomic mass is 10.1. The number of rotatable bonds is 4. The number of aromatic nitrogens is 1. The smallest absolute Gasteiger partial charge is 0.335 e. The zero-order valence-corrected chi connectivity index (χ0v) is 11.3. The Bertz CT molecular complexity index is 812. The fraction of sp³-hybridized carbons (Fsp3) is 0.125. The van der Waals surface area contributed by atoms with E-state index in [2.05, 4.69) is 20.8 Å². The first kappa shape index (κ1) is 13.2. The van der Waals surface area contributed by atoms with Crippen molar-refractivity contribution in [3.05, 3.63) is 70.4 Å². The van der Waals surface area contributed by atoms with Gasteiger partial charge in [-0.25, -0.2) is 4.79 Å². The van der Waals surface area contributed by atoms with E-state index in [9.17, 15) is 9.59 Å². The number of hydrogen-bond donors (Lipinski definition) is 2. The topological polar surface area (TPSA) is 75.1 Å². The molecule has 0 unspecified atom stereocenters. The summed E-state index contributed by atoms with van der Waals surface area (Å²) in [5, 5.41) is 3.97. The summed E-state index contributed by atoms with van der Waals surface area (Å²) in [5.74, 6) is -0.251. The molecule has 0 fully saturated rings. The first-order chi connectivity index (χ1) is 10.2. The van der Waals surface area contributed by atoms with Crippen LogP contribution >= 0.6 is 0 Å². The van der Waals surface area contributed by atoms with Gasteiger partial charge in [0.25, 0.3) is 5.91 Å². The van der Waals surface area contributed by atoms with E-state index in [-0.39, 0.29) is 5.91 Å². The normalized spacial score (nSPS) is 10.7. The highest BCUT2D eigenvalue weighted by atomic mass is 16.4. The maximum atomic E-state index is 11.9. The summed E-state index contributed by atoms with van der Waals surface area (Å²) >= 11 is 0. The second-order valence-corrected chi connectivity index (χ2v) is 4.71. The largest absolute Gasteiger partial charge is 0.430 e. The van der Waals surface area contributed by atoms with Crippen LogP contribution in [0.5, 0.6) is 0 Å². The van der Waals surface area contributed by atoms with E-state index in [1.54, 1.807) is 0 Å². The molecule has 106 valence electrons. The maximum absolute atomic E-state index is 11.9. The maximum Gasteiger partial charge on any atom is 0.335 e. The average Bonchev–Trinajstić information content (AvgIpc) is 2.91. The standard InChI is InChI=1S/C16H14N2O3/c19-15-6-5-12(10-21-15)16(20)17-8-7-11-9-18-14-4-2-1-3-13(11)14/h1-6,9-10,18H,7-8H2,(H,17,20). The third kappa shape index (κ3) is 2.86. The van der Waals surface area contributed by atoms with Crippen molar-refractivity contribution in [2.75, 3.05) is 6.54 Å². The van der Waals surface area contributed by atoms with Crippen LogP contribution in [0, 0.1) is 0 Å². The molecule has 2 heterocycles. The molecule has 3 aromatic rings. The van der Waals surface area contributed by atoms with Gasteiger partial charge in [0.15, 0.2) is 0 Å². The fourth-order valence-corrected chi connectivity index (χ4v) is 2.24. The molecule has 0 bridgehead atoms. The van der Waals surface area contributed by atoms with E-state index in [0.29, 0.717) is 12.1 Å². The van der Waals surface area contributed by atoms with E-state index in [1.165, 1.54) is 18.4 Å². The molecule has 5 nitrogen and oxygen atoms in total. The molecule has 0 radical (unpaired) electrons. The Balaban J connectivity index is 1.62. The Morgan fingerprint density at radius 1 is 1.19 bits per heavy atom. The molecular weight excluding hydrogens is 268 g/mol. The lowest BCUT2D eigenvalue weighted by molar-refractivity contribution is 0.0951. The predicted octanol–water partition coefficient (Wildman–Crippen LogP) is 2.09. The van der Waals surface area contributed by atoms with Crippen LogP contribution in [-0.4, -0.2) is 17.4 Å². The van der Waals surface area contributed by atoms with Gasteiger partial charge in [-0.15, -0.1) is 0 Å². The van der Waals surface area contributed by atoms with Crippen LogP contribution in [0.2, 0.25) is 0 Å². The summed E-state index contributed by atoms with van der Waals surface area (Å²) in [6.07, 6.45) is 3.86. The van der Waals surface area contributed by atoms with Crippen molar-refractivity contribution in [3.8, 4) is 0 Å². The van der Waals surface area contributed by atoms with Crippen molar-refractivity contribution in [1.29, 1.82) is 0 Å². The number of hydrogen-bond acceptors (Lipinski definition) is 3. The van der Waals surface area contributed by atoms with E-state index >= 15 is 0 Å². The predicted molar refractivity (Wildman–Crippen MR) is 79.3 cm³/mol. The number of aromatic amines is 1. The second-order valence-electron chi connectivity index (χ2n) is 4.71. The van der Waals surface area contributed by atoms with Crippen LogP contribution in [0.4, 0.5) is 0 Å². The number of carbonyl (C=O) groups excluding carboxylic acids is 1. The Morgan fingerprint density at radius 3 is 2.86 bits per heavy atom. The van der Waals surface area contributed by atoms with Crippen molar-refractivity contribution in [2.24, 2.45) is 0 Å². The van der Waals surface area contributed by atoms with Gasteiger partial charge in [0, 0.05) is 29.7 Å². The molecule has 1 aromatic carbocycles. The van der Waals surface area contributed by atoms with Crippen LogP contribution in [0.15, 0.2) is 58.1 Å². The molecule has 21 heavy (non-hydrogen) atoms. The Labute approximate surface area is 120 Å². The van der Waals surface area contributed by atoms with E-state index in [1.807, 2.05) is 24.4 Å². The van der Waals surface area contributed by atoms with Crippen LogP contribution in [0.25, 0.3) is 10.9 Å². The summed E-state index contributed by atoms with van der Waals surface area (Å²) in [6, 6.07) is 10.7. The molecule has 2 N–H and O–H groups in total. The van der Waals surface area contributed by atoms with Crippen LogP contribution < -0.4 is 10.9 Å². The molecule has 3 rings (SSSR count). The highest BCUT2D eigenvalue weighted by Gasteiger charge is 2.07. The first-order valence-corrected chi connectivity index (χ1v) is 6.66. The van der Waals surface area contributed by atoms with Gasteiger partial charge in [0.2, 0.25) is 0 Å². The van der Waals surface area contributed by atoms with Gasteiger partial charge in [0.1, 0.15) is 6.26 Å². The molecule has 0 aliphatic carbocycles. The van der Waals surface area contributed by atoms with Crippen molar-refractivity contribution < 1.29 is 9.21 Å². The van der Waals surface area contributed by atoms with E-state index in [4.69, 9.17) is 0 Å². The zero-order valence-electron chi connectivity index (χ0n) is 11.3. The fourth-order valence-electron chi connectivity index (χ4n) is 2.24. The number of fused-ring (bicyclic) bond motifs is 1. The minimum Gasteiger partial charge on any atom is -0.430 e. The highest BCUT2D eigenvalue weighted by molar-refractivity contribution is 5.93. The van der Waals surface area contributed by atoms with Gasteiger partial charge >= 0.3 is 5.63 Å². The third-order valence-corrected chi connectivity index (χ3v) is 3.32.